The Balaban J connectivity index is 2.05. The Morgan fingerprint density at radius 3 is 2.71 bits per heavy atom. The largest absolute Gasteiger partial charge is 0.299 e. The second kappa shape index (κ2) is 5.03. The Bertz CT molecular complexity index is 420. The number of ketones is 1. The Morgan fingerprint density at radius 2 is 2.06 bits per heavy atom. The zero-order valence-corrected chi connectivity index (χ0v) is 11.1. The highest BCUT2D eigenvalue weighted by Crippen LogP contribution is 2.31. The summed E-state index contributed by atoms with van der Waals surface area (Å²) < 4.78 is 0. The predicted octanol–water partition coefficient (Wildman–Crippen LogP) is 3.85. The summed E-state index contributed by atoms with van der Waals surface area (Å²) in [6.45, 7) is 6.44. The van der Waals surface area contributed by atoms with Gasteiger partial charge in [0, 0.05) is 12.3 Å². The van der Waals surface area contributed by atoms with Crippen LogP contribution in [0.5, 0.6) is 0 Å². The van der Waals surface area contributed by atoms with E-state index in [9.17, 15) is 4.79 Å². The number of benzene rings is 1. The number of carbonyl (C=O) groups excluding carboxylic acids is 1. The first-order valence-electron chi connectivity index (χ1n) is 6.65. The third-order valence-corrected chi connectivity index (χ3v) is 4.02. The molecule has 92 valence electrons. The summed E-state index contributed by atoms with van der Waals surface area (Å²) in [5.41, 5.74) is 3.71. The molecule has 1 nitrogen and oxygen atoms in total. The zero-order chi connectivity index (χ0) is 12.4. The lowest BCUT2D eigenvalue weighted by Gasteiger charge is -2.11. The summed E-state index contributed by atoms with van der Waals surface area (Å²) in [5, 5.41) is 0. The van der Waals surface area contributed by atoms with Gasteiger partial charge >= 0.3 is 0 Å². The molecular formula is C16H22O. The van der Waals surface area contributed by atoms with Crippen LogP contribution in [-0.4, -0.2) is 5.78 Å². The zero-order valence-electron chi connectivity index (χ0n) is 11.1. The third-order valence-electron chi connectivity index (χ3n) is 4.02. The highest BCUT2D eigenvalue weighted by Gasteiger charge is 2.27. The fourth-order valence-corrected chi connectivity index (χ4v) is 2.82. The van der Waals surface area contributed by atoms with Gasteiger partial charge in [-0.3, -0.25) is 4.79 Å². The average molecular weight is 230 g/mol. The minimum Gasteiger partial charge on any atom is -0.299 e. The molecule has 0 aliphatic heterocycles. The fraction of sp³-hybridized carbons (Fsp3) is 0.562. The smallest absolute Gasteiger partial charge is 0.140 e. The highest BCUT2D eigenvalue weighted by atomic mass is 16.1. The minimum atomic E-state index is 0.324. The molecule has 1 heteroatoms. The number of hydrogen-bond acceptors (Lipinski definition) is 1. The van der Waals surface area contributed by atoms with Gasteiger partial charge in [-0.05, 0) is 50.2 Å². The van der Waals surface area contributed by atoms with Crippen LogP contribution in [0.15, 0.2) is 18.2 Å². The van der Waals surface area contributed by atoms with Crippen LogP contribution in [0.2, 0.25) is 0 Å². The summed E-state index contributed by atoms with van der Waals surface area (Å²) in [4.78, 5) is 12.2. The molecule has 0 aromatic heterocycles. The van der Waals surface area contributed by atoms with Gasteiger partial charge in [-0.1, -0.05) is 30.7 Å². The van der Waals surface area contributed by atoms with Crippen molar-refractivity contribution in [2.45, 2.75) is 46.5 Å². The molecule has 2 atom stereocenters. The lowest BCUT2D eigenvalue weighted by atomic mass is 9.93. The van der Waals surface area contributed by atoms with Crippen molar-refractivity contribution in [3.05, 3.63) is 34.9 Å². The van der Waals surface area contributed by atoms with Crippen LogP contribution in [-0.2, 0) is 11.2 Å². The fourth-order valence-electron chi connectivity index (χ4n) is 2.82. The van der Waals surface area contributed by atoms with E-state index in [1.165, 1.54) is 23.1 Å². The lowest BCUT2D eigenvalue weighted by Crippen LogP contribution is -2.14. The summed E-state index contributed by atoms with van der Waals surface area (Å²) in [6.07, 6.45) is 4.06. The van der Waals surface area contributed by atoms with Crippen LogP contribution in [0.3, 0.4) is 0 Å². The van der Waals surface area contributed by atoms with E-state index in [1.54, 1.807) is 0 Å². The van der Waals surface area contributed by atoms with Gasteiger partial charge in [0.05, 0.1) is 0 Å². The molecule has 0 saturated heterocycles. The van der Waals surface area contributed by atoms with Crippen molar-refractivity contribution in [3.63, 3.8) is 0 Å². The van der Waals surface area contributed by atoms with Gasteiger partial charge in [-0.25, -0.2) is 0 Å². The molecule has 1 fully saturated rings. The van der Waals surface area contributed by atoms with Crippen LogP contribution in [0.1, 0.15) is 42.9 Å². The first-order valence-corrected chi connectivity index (χ1v) is 6.65. The predicted molar refractivity (Wildman–Crippen MR) is 71.1 cm³/mol. The lowest BCUT2D eigenvalue weighted by molar-refractivity contribution is -0.122. The van der Waals surface area contributed by atoms with Crippen molar-refractivity contribution in [3.8, 4) is 0 Å². The van der Waals surface area contributed by atoms with E-state index in [4.69, 9.17) is 0 Å². The maximum absolute atomic E-state index is 12.2. The van der Waals surface area contributed by atoms with Gasteiger partial charge in [-0.15, -0.1) is 0 Å². The van der Waals surface area contributed by atoms with E-state index < -0.39 is 0 Å². The van der Waals surface area contributed by atoms with Gasteiger partial charge in [-0.2, -0.15) is 0 Å². The van der Waals surface area contributed by atoms with Crippen LogP contribution < -0.4 is 0 Å². The molecule has 0 spiro atoms. The van der Waals surface area contributed by atoms with E-state index >= 15 is 0 Å². The molecule has 2 unspecified atom stereocenters. The van der Waals surface area contributed by atoms with Gasteiger partial charge in [0.2, 0.25) is 0 Å². The molecule has 1 aromatic carbocycles. The molecule has 0 bridgehead atoms. The Morgan fingerprint density at radius 1 is 1.29 bits per heavy atom. The van der Waals surface area contributed by atoms with Crippen LogP contribution in [0, 0.1) is 25.7 Å². The maximum atomic E-state index is 12.2. The Hall–Kier alpha value is -1.11. The normalized spacial score (nSPS) is 23.9. The number of Topliss-reactive ketones (excluding diaryl/α,β-unsaturated/α-hetero) is 1. The second-order valence-corrected chi connectivity index (χ2v) is 5.69. The van der Waals surface area contributed by atoms with Crippen molar-refractivity contribution in [2.24, 2.45) is 11.8 Å². The van der Waals surface area contributed by atoms with E-state index in [-0.39, 0.29) is 0 Å². The van der Waals surface area contributed by atoms with E-state index in [0.717, 1.165) is 18.8 Å². The molecule has 0 radical (unpaired) electrons. The van der Waals surface area contributed by atoms with Crippen LogP contribution in [0.4, 0.5) is 0 Å². The molecule has 0 N–H and O–H groups in total. The molecule has 1 aromatic rings. The van der Waals surface area contributed by atoms with Gasteiger partial charge in [0.25, 0.3) is 0 Å². The second-order valence-electron chi connectivity index (χ2n) is 5.69. The topological polar surface area (TPSA) is 17.1 Å². The number of hydrogen-bond donors (Lipinski definition) is 0. The highest BCUT2D eigenvalue weighted by molar-refractivity contribution is 5.83. The summed E-state index contributed by atoms with van der Waals surface area (Å²) in [5.74, 6) is 1.51. The first-order chi connectivity index (χ1) is 8.06. The quantitative estimate of drug-likeness (QED) is 0.770. The van der Waals surface area contributed by atoms with Crippen molar-refractivity contribution in [1.29, 1.82) is 0 Å². The average Bonchev–Trinajstić information content (AvgIpc) is 2.70. The molecular weight excluding hydrogens is 208 g/mol. The third kappa shape index (κ3) is 2.96. The van der Waals surface area contributed by atoms with Crippen molar-refractivity contribution < 1.29 is 4.79 Å². The number of rotatable bonds is 3. The standard InChI is InChI=1S/C16H22O/c1-11-4-6-13(3)15(9-11)10-16(17)14-7-5-12(2)8-14/h4,6,9,12,14H,5,7-8,10H2,1-3H3. The van der Waals surface area contributed by atoms with E-state index in [2.05, 4.69) is 39.0 Å². The van der Waals surface area contributed by atoms with Crippen molar-refractivity contribution in [2.75, 3.05) is 0 Å². The minimum absolute atomic E-state index is 0.324. The van der Waals surface area contributed by atoms with Crippen molar-refractivity contribution >= 4 is 5.78 Å². The van der Waals surface area contributed by atoms with Gasteiger partial charge < -0.3 is 0 Å². The first kappa shape index (κ1) is 12.3. The van der Waals surface area contributed by atoms with Crippen molar-refractivity contribution in [1.82, 2.24) is 0 Å². The monoisotopic (exact) mass is 230 g/mol. The number of carbonyl (C=O) groups is 1. The van der Waals surface area contributed by atoms with E-state index in [1.807, 2.05) is 0 Å². The molecule has 1 saturated carbocycles. The Labute approximate surface area is 104 Å². The molecule has 1 aliphatic carbocycles. The molecule has 1 aliphatic rings. The molecule has 17 heavy (non-hydrogen) atoms. The summed E-state index contributed by atoms with van der Waals surface area (Å²) in [7, 11) is 0. The van der Waals surface area contributed by atoms with Crippen LogP contribution in [0.25, 0.3) is 0 Å². The molecule has 0 heterocycles. The molecule has 2 rings (SSSR count). The summed E-state index contributed by atoms with van der Waals surface area (Å²) in [6, 6.07) is 6.39. The molecule has 0 amide bonds. The maximum Gasteiger partial charge on any atom is 0.140 e. The van der Waals surface area contributed by atoms with Crippen LogP contribution >= 0.6 is 0 Å². The Kier molecular flexibility index (Phi) is 3.66. The summed E-state index contributed by atoms with van der Waals surface area (Å²) >= 11 is 0. The SMILES string of the molecule is Cc1ccc(C)c(CC(=O)C2CCC(C)C2)c1. The van der Waals surface area contributed by atoms with E-state index in [0.29, 0.717) is 18.1 Å². The number of aryl methyl sites for hydroxylation is 2. The van der Waals surface area contributed by atoms with Gasteiger partial charge in [0.1, 0.15) is 5.78 Å². The van der Waals surface area contributed by atoms with Gasteiger partial charge in [0.15, 0.2) is 0 Å².